The molecular formula is C14H28N2O. The number of methoxy groups -OCH3 is 1. The zero-order valence-corrected chi connectivity index (χ0v) is 11.5. The summed E-state index contributed by atoms with van der Waals surface area (Å²) in [6.07, 6.45) is 5.51. The SMILES string of the molecule is COCC1CCN(CCNC(C)C2CC2)CC1. The van der Waals surface area contributed by atoms with Gasteiger partial charge in [-0.1, -0.05) is 0 Å². The van der Waals surface area contributed by atoms with Crippen molar-refractivity contribution in [2.45, 2.75) is 38.6 Å². The van der Waals surface area contributed by atoms with Gasteiger partial charge in [0.15, 0.2) is 0 Å². The van der Waals surface area contributed by atoms with Gasteiger partial charge in [0.05, 0.1) is 0 Å². The van der Waals surface area contributed by atoms with Crippen LogP contribution in [0, 0.1) is 11.8 Å². The molecule has 1 saturated carbocycles. The van der Waals surface area contributed by atoms with Gasteiger partial charge in [0.25, 0.3) is 0 Å². The summed E-state index contributed by atoms with van der Waals surface area (Å²) in [4.78, 5) is 2.60. The maximum atomic E-state index is 5.23. The van der Waals surface area contributed by atoms with Gasteiger partial charge in [0.1, 0.15) is 0 Å². The Hall–Kier alpha value is -0.120. The summed E-state index contributed by atoms with van der Waals surface area (Å²) in [5, 5.41) is 3.66. The summed E-state index contributed by atoms with van der Waals surface area (Å²) in [7, 11) is 1.82. The first-order valence-corrected chi connectivity index (χ1v) is 7.24. The van der Waals surface area contributed by atoms with Crippen LogP contribution in [0.5, 0.6) is 0 Å². The fraction of sp³-hybridized carbons (Fsp3) is 1.00. The number of nitrogens with zero attached hydrogens (tertiary/aromatic N) is 1. The van der Waals surface area contributed by atoms with Gasteiger partial charge < -0.3 is 15.0 Å². The molecule has 1 saturated heterocycles. The molecule has 1 atom stereocenters. The number of rotatable bonds is 7. The van der Waals surface area contributed by atoms with Crippen LogP contribution < -0.4 is 5.32 Å². The molecule has 2 fully saturated rings. The van der Waals surface area contributed by atoms with Gasteiger partial charge in [-0.05, 0) is 57.5 Å². The molecule has 3 heteroatoms. The van der Waals surface area contributed by atoms with Crippen LogP contribution in [0.4, 0.5) is 0 Å². The van der Waals surface area contributed by atoms with Crippen LogP contribution in [-0.4, -0.2) is 50.8 Å². The molecule has 1 heterocycles. The van der Waals surface area contributed by atoms with Crippen molar-refractivity contribution in [3.05, 3.63) is 0 Å². The molecular weight excluding hydrogens is 212 g/mol. The predicted molar refractivity (Wildman–Crippen MR) is 71.2 cm³/mol. The quantitative estimate of drug-likeness (QED) is 0.733. The zero-order chi connectivity index (χ0) is 12.1. The fourth-order valence-electron chi connectivity index (χ4n) is 2.83. The van der Waals surface area contributed by atoms with Gasteiger partial charge >= 0.3 is 0 Å². The molecule has 0 aromatic carbocycles. The van der Waals surface area contributed by atoms with Crippen LogP contribution in [0.1, 0.15) is 32.6 Å². The van der Waals surface area contributed by atoms with Gasteiger partial charge in [-0.2, -0.15) is 0 Å². The van der Waals surface area contributed by atoms with Crippen LogP contribution in [0.25, 0.3) is 0 Å². The van der Waals surface area contributed by atoms with E-state index in [0.29, 0.717) is 0 Å². The Bertz CT molecular complexity index is 210. The summed E-state index contributed by atoms with van der Waals surface area (Å²) >= 11 is 0. The largest absolute Gasteiger partial charge is 0.384 e. The molecule has 2 aliphatic rings. The van der Waals surface area contributed by atoms with Crippen LogP contribution >= 0.6 is 0 Å². The first-order valence-electron chi connectivity index (χ1n) is 7.24. The van der Waals surface area contributed by atoms with Gasteiger partial charge in [0.2, 0.25) is 0 Å². The van der Waals surface area contributed by atoms with Gasteiger partial charge in [-0.15, -0.1) is 0 Å². The molecule has 0 spiro atoms. The van der Waals surface area contributed by atoms with Crippen molar-refractivity contribution in [2.75, 3.05) is 39.9 Å². The van der Waals surface area contributed by atoms with E-state index in [1.54, 1.807) is 0 Å². The number of piperidine rings is 1. The second kappa shape index (κ2) is 6.72. The topological polar surface area (TPSA) is 24.5 Å². The maximum Gasteiger partial charge on any atom is 0.0491 e. The lowest BCUT2D eigenvalue weighted by Gasteiger charge is -2.31. The summed E-state index contributed by atoms with van der Waals surface area (Å²) in [5.41, 5.74) is 0. The number of ether oxygens (including phenoxy) is 1. The molecule has 17 heavy (non-hydrogen) atoms. The van der Waals surface area contributed by atoms with Crippen LogP contribution in [0.2, 0.25) is 0 Å². The van der Waals surface area contributed by atoms with Crippen LogP contribution in [0.15, 0.2) is 0 Å². The lowest BCUT2D eigenvalue weighted by Crippen LogP contribution is -2.41. The third kappa shape index (κ3) is 4.57. The predicted octanol–water partition coefficient (Wildman–Crippen LogP) is 1.73. The van der Waals surface area contributed by atoms with E-state index in [4.69, 9.17) is 4.74 Å². The summed E-state index contributed by atoms with van der Waals surface area (Å²) in [6, 6.07) is 0.737. The molecule has 2 rings (SSSR count). The van der Waals surface area contributed by atoms with E-state index in [1.807, 2.05) is 7.11 Å². The average molecular weight is 240 g/mol. The van der Waals surface area contributed by atoms with Crippen LogP contribution in [0.3, 0.4) is 0 Å². The summed E-state index contributed by atoms with van der Waals surface area (Å²) in [6.45, 7) is 8.18. The normalized spacial score (nSPS) is 25.1. The summed E-state index contributed by atoms with van der Waals surface area (Å²) in [5.74, 6) is 1.78. The Labute approximate surface area is 106 Å². The van der Waals surface area contributed by atoms with E-state index in [-0.39, 0.29) is 0 Å². The smallest absolute Gasteiger partial charge is 0.0491 e. The minimum atomic E-state index is 0.737. The van der Waals surface area contributed by atoms with Crippen molar-refractivity contribution in [1.29, 1.82) is 0 Å². The van der Waals surface area contributed by atoms with Crippen molar-refractivity contribution < 1.29 is 4.74 Å². The van der Waals surface area contributed by atoms with E-state index >= 15 is 0 Å². The number of nitrogens with one attached hydrogen (secondary N) is 1. The first-order chi connectivity index (χ1) is 8.29. The second-order valence-electron chi connectivity index (χ2n) is 5.82. The standard InChI is InChI=1S/C14H28N2O/c1-12(14-3-4-14)15-7-10-16-8-5-13(6-9-16)11-17-2/h12-15H,3-11H2,1-2H3. The third-order valence-electron chi connectivity index (χ3n) is 4.33. The van der Waals surface area contributed by atoms with E-state index in [2.05, 4.69) is 17.1 Å². The minimum Gasteiger partial charge on any atom is -0.384 e. The van der Waals surface area contributed by atoms with Crippen molar-refractivity contribution in [3.63, 3.8) is 0 Å². The van der Waals surface area contributed by atoms with Crippen LogP contribution in [-0.2, 0) is 4.74 Å². The van der Waals surface area contributed by atoms with E-state index in [1.165, 1.54) is 45.3 Å². The number of likely N-dealkylation sites (tertiary alicyclic amines) is 1. The van der Waals surface area contributed by atoms with Crippen molar-refractivity contribution >= 4 is 0 Å². The molecule has 3 nitrogen and oxygen atoms in total. The Kier molecular flexibility index (Phi) is 5.26. The van der Waals surface area contributed by atoms with Gasteiger partial charge in [0, 0.05) is 32.8 Å². The lowest BCUT2D eigenvalue weighted by atomic mass is 9.98. The Morgan fingerprint density at radius 2 is 1.94 bits per heavy atom. The molecule has 1 unspecified atom stereocenters. The highest BCUT2D eigenvalue weighted by molar-refractivity contribution is 4.83. The summed E-state index contributed by atoms with van der Waals surface area (Å²) < 4.78 is 5.23. The minimum absolute atomic E-state index is 0.737. The molecule has 1 N–H and O–H groups in total. The fourth-order valence-corrected chi connectivity index (χ4v) is 2.83. The molecule has 0 aromatic rings. The average Bonchev–Trinajstić information content (AvgIpc) is 3.15. The highest BCUT2D eigenvalue weighted by Crippen LogP contribution is 2.32. The number of hydrogen-bond donors (Lipinski definition) is 1. The third-order valence-corrected chi connectivity index (χ3v) is 4.33. The first kappa shape index (κ1) is 13.3. The monoisotopic (exact) mass is 240 g/mol. The molecule has 0 bridgehead atoms. The maximum absolute atomic E-state index is 5.23. The highest BCUT2D eigenvalue weighted by Gasteiger charge is 2.27. The molecule has 0 radical (unpaired) electrons. The molecule has 0 aromatic heterocycles. The van der Waals surface area contributed by atoms with Crippen molar-refractivity contribution in [2.24, 2.45) is 11.8 Å². The lowest BCUT2D eigenvalue weighted by molar-refractivity contribution is 0.0995. The Morgan fingerprint density at radius 3 is 2.53 bits per heavy atom. The molecule has 1 aliphatic carbocycles. The Balaban J connectivity index is 1.52. The molecule has 0 amide bonds. The Morgan fingerprint density at radius 1 is 1.24 bits per heavy atom. The van der Waals surface area contributed by atoms with Crippen molar-refractivity contribution in [3.8, 4) is 0 Å². The number of hydrogen-bond acceptors (Lipinski definition) is 3. The van der Waals surface area contributed by atoms with Crippen molar-refractivity contribution in [1.82, 2.24) is 10.2 Å². The zero-order valence-electron chi connectivity index (χ0n) is 11.5. The van der Waals surface area contributed by atoms with E-state index in [9.17, 15) is 0 Å². The molecule has 100 valence electrons. The van der Waals surface area contributed by atoms with E-state index in [0.717, 1.165) is 31.0 Å². The van der Waals surface area contributed by atoms with Gasteiger partial charge in [-0.3, -0.25) is 0 Å². The van der Waals surface area contributed by atoms with Gasteiger partial charge in [-0.25, -0.2) is 0 Å². The van der Waals surface area contributed by atoms with E-state index < -0.39 is 0 Å². The highest BCUT2D eigenvalue weighted by atomic mass is 16.5. The second-order valence-corrected chi connectivity index (χ2v) is 5.82. The molecule has 1 aliphatic heterocycles.